The SMILES string of the molecule is Cc1cccn2c(=O)cc(COC(=O)c3ccc(C=O)cc3)nc12. The molecule has 6 heteroatoms. The molecule has 0 aliphatic carbocycles. The van der Waals surface area contributed by atoms with E-state index in [-0.39, 0.29) is 12.2 Å². The van der Waals surface area contributed by atoms with E-state index in [0.29, 0.717) is 28.8 Å². The zero-order valence-electron chi connectivity index (χ0n) is 12.9. The Morgan fingerprint density at radius 3 is 2.71 bits per heavy atom. The van der Waals surface area contributed by atoms with Gasteiger partial charge in [0.2, 0.25) is 0 Å². The molecule has 2 aromatic heterocycles. The van der Waals surface area contributed by atoms with Crippen molar-refractivity contribution in [3.05, 3.63) is 81.4 Å². The molecule has 0 fully saturated rings. The average molecular weight is 322 g/mol. The van der Waals surface area contributed by atoms with Gasteiger partial charge in [0, 0.05) is 17.8 Å². The minimum Gasteiger partial charge on any atom is -0.456 e. The smallest absolute Gasteiger partial charge is 0.338 e. The van der Waals surface area contributed by atoms with Gasteiger partial charge in [0.1, 0.15) is 18.5 Å². The first-order valence-corrected chi connectivity index (χ1v) is 7.29. The molecule has 0 amide bonds. The van der Waals surface area contributed by atoms with Gasteiger partial charge < -0.3 is 4.74 Å². The highest BCUT2D eigenvalue weighted by molar-refractivity contribution is 5.90. The van der Waals surface area contributed by atoms with E-state index in [1.807, 2.05) is 13.0 Å². The molecular weight excluding hydrogens is 308 g/mol. The highest BCUT2D eigenvalue weighted by Gasteiger charge is 2.10. The number of aldehydes is 1. The van der Waals surface area contributed by atoms with Crippen LogP contribution < -0.4 is 5.56 Å². The maximum Gasteiger partial charge on any atom is 0.338 e. The lowest BCUT2D eigenvalue weighted by Gasteiger charge is -2.07. The molecule has 0 N–H and O–H groups in total. The molecule has 0 aliphatic rings. The molecule has 6 nitrogen and oxygen atoms in total. The van der Waals surface area contributed by atoms with Gasteiger partial charge in [-0.1, -0.05) is 18.2 Å². The predicted octanol–water partition coefficient (Wildman–Crippen LogP) is 2.17. The number of carbonyl (C=O) groups excluding carboxylic acids is 2. The molecule has 0 saturated heterocycles. The Bertz CT molecular complexity index is 974. The average Bonchev–Trinajstić information content (AvgIpc) is 2.60. The van der Waals surface area contributed by atoms with E-state index >= 15 is 0 Å². The Balaban J connectivity index is 1.80. The normalized spacial score (nSPS) is 10.5. The van der Waals surface area contributed by atoms with Crippen LogP contribution in [0.4, 0.5) is 0 Å². The zero-order chi connectivity index (χ0) is 17.1. The molecule has 2 heterocycles. The van der Waals surface area contributed by atoms with Crippen LogP contribution in [0.3, 0.4) is 0 Å². The predicted molar refractivity (Wildman–Crippen MR) is 87.1 cm³/mol. The number of pyridine rings is 1. The summed E-state index contributed by atoms with van der Waals surface area (Å²) in [4.78, 5) is 39.1. The first-order chi connectivity index (χ1) is 11.6. The first-order valence-electron chi connectivity index (χ1n) is 7.29. The number of esters is 1. The first kappa shape index (κ1) is 15.6. The Morgan fingerprint density at radius 2 is 2.00 bits per heavy atom. The standard InChI is InChI=1S/C18H14N2O4/c1-12-3-2-8-20-16(22)9-15(19-17(12)20)11-24-18(23)14-6-4-13(10-21)5-7-14/h2-10H,11H2,1H3. The third-order valence-corrected chi connectivity index (χ3v) is 3.57. The molecule has 24 heavy (non-hydrogen) atoms. The number of aromatic nitrogens is 2. The van der Waals surface area contributed by atoms with Crippen LogP contribution in [-0.4, -0.2) is 21.6 Å². The highest BCUT2D eigenvalue weighted by Crippen LogP contribution is 2.08. The van der Waals surface area contributed by atoms with Crippen molar-refractivity contribution in [3.63, 3.8) is 0 Å². The highest BCUT2D eigenvalue weighted by atomic mass is 16.5. The lowest BCUT2D eigenvalue weighted by atomic mass is 10.1. The number of nitrogens with zero attached hydrogens (tertiary/aromatic N) is 2. The van der Waals surface area contributed by atoms with Gasteiger partial charge in [0.05, 0.1) is 11.3 Å². The van der Waals surface area contributed by atoms with Gasteiger partial charge in [-0.25, -0.2) is 9.78 Å². The van der Waals surface area contributed by atoms with Gasteiger partial charge in [-0.2, -0.15) is 0 Å². The molecule has 0 unspecified atom stereocenters. The van der Waals surface area contributed by atoms with Gasteiger partial charge in [-0.3, -0.25) is 14.0 Å². The van der Waals surface area contributed by atoms with E-state index in [2.05, 4.69) is 4.98 Å². The van der Waals surface area contributed by atoms with Gasteiger partial charge in [0.15, 0.2) is 0 Å². The molecule has 0 atom stereocenters. The molecule has 0 saturated carbocycles. The summed E-state index contributed by atoms with van der Waals surface area (Å²) in [5, 5.41) is 0. The molecule has 120 valence electrons. The number of carbonyl (C=O) groups is 2. The fraction of sp³-hybridized carbons (Fsp3) is 0.111. The van der Waals surface area contributed by atoms with Gasteiger partial charge in [0.25, 0.3) is 5.56 Å². The molecule has 3 rings (SSSR count). The van der Waals surface area contributed by atoms with Crippen molar-refractivity contribution in [2.24, 2.45) is 0 Å². The Hall–Kier alpha value is -3.28. The van der Waals surface area contributed by atoms with Crippen molar-refractivity contribution in [1.82, 2.24) is 9.38 Å². The summed E-state index contributed by atoms with van der Waals surface area (Å²) >= 11 is 0. The number of rotatable bonds is 4. The van der Waals surface area contributed by atoms with Crippen LogP contribution in [0.2, 0.25) is 0 Å². The second-order valence-electron chi connectivity index (χ2n) is 5.29. The number of fused-ring (bicyclic) bond motifs is 1. The van der Waals surface area contributed by atoms with Crippen molar-refractivity contribution < 1.29 is 14.3 Å². The molecule has 0 aliphatic heterocycles. The Morgan fingerprint density at radius 1 is 1.25 bits per heavy atom. The van der Waals surface area contributed by atoms with Crippen LogP contribution in [0.1, 0.15) is 32.0 Å². The van der Waals surface area contributed by atoms with Crippen LogP contribution >= 0.6 is 0 Å². The van der Waals surface area contributed by atoms with E-state index in [9.17, 15) is 14.4 Å². The van der Waals surface area contributed by atoms with Crippen LogP contribution in [0, 0.1) is 6.92 Å². The van der Waals surface area contributed by atoms with Crippen molar-refractivity contribution >= 4 is 17.9 Å². The number of aryl methyl sites for hydroxylation is 1. The van der Waals surface area contributed by atoms with Gasteiger partial charge in [-0.15, -0.1) is 0 Å². The van der Waals surface area contributed by atoms with E-state index in [1.165, 1.54) is 34.7 Å². The molecule has 0 bridgehead atoms. The minimum absolute atomic E-state index is 0.103. The van der Waals surface area contributed by atoms with Crippen molar-refractivity contribution in [1.29, 1.82) is 0 Å². The number of hydrogen-bond acceptors (Lipinski definition) is 5. The lowest BCUT2D eigenvalue weighted by molar-refractivity contribution is 0.0467. The summed E-state index contributed by atoms with van der Waals surface area (Å²) in [6.07, 6.45) is 2.34. The lowest BCUT2D eigenvalue weighted by Crippen LogP contribution is -2.17. The second kappa shape index (κ2) is 6.45. The van der Waals surface area contributed by atoms with Gasteiger partial charge in [-0.05, 0) is 30.7 Å². The van der Waals surface area contributed by atoms with Crippen LogP contribution in [0.25, 0.3) is 5.65 Å². The third-order valence-electron chi connectivity index (χ3n) is 3.57. The van der Waals surface area contributed by atoms with Crippen LogP contribution in [0.5, 0.6) is 0 Å². The molecule has 3 aromatic rings. The van der Waals surface area contributed by atoms with E-state index < -0.39 is 5.97 Å². The summed E-state index contributed by atoms with van der Waals surface area (Å²) in [7, 11) is 0. The fourth-order valence-corrected chi connectivity index (χ4v) is 2.30. The Kier molecular flexibility index (Phi) is 4.20. The van der Waals surface area contributed by atoms with E-state index in [1.54, 1.807) is 12.3 Å². The van der Waals surface area contributed by atoms with Crippen molar-refractivity contribution in [3.8, 4) is 0 Å². The van der Waals surface area contributed by atoms with E-state index in [4.69, 9.17) is 4.74 Å². The van der Waals surface area contributed by atoms with Crippen molar-refractivity contribution in [2.75, 3.05) is 0 Å². The maximum absolute atomic E-state index is 12.1. The molecule has 0 radical (unpaired) electrons. The fourth-order valence-electron chi connectivity index (χ4n) is 2.30. The Labute approximate surface area is 137 Å². The monoisotopic (exact) mass is 322 g/mol. The quantitative estimate of drug-likeness (QED) is 0.543. The number of benzene rings is 1. The maximum atomic E-state index is 12.1. The summed E-state index contributed by atoms with van der Waals surface area (Å²) in [5.74, 6) is -0.542. The van der Waals surface area contributed by atoms with Gasteiger partial charge >= 0.3 is 5.97 Å². The largest absolute Gasteiger partial charge is 0.456 e. The topological polar surface area (TPSA) is 77.7 Å². The van der Waals surface area contributed by atoms with Crippen LogP contribution in [0.15, 0.2) is 53.5 Å². The second-order valence-corrected chi connectivity index (χ2v) is 5.29. The molecule has 0 spiro atoms. The number of ether oxygens (including phenoxy) is 1. The molecule has 1 aromatic carbocycles. The summed E-state index contributed by atoms with van der Waals surface area (Å²) < 4.78 is 6.64. The van der Waals surface area contributed by atoms with E-state index in [0.717, 1.165) is 5.56 Å². The summed E-state index contributed by atoms with van der Waals surface area (Å²) in [5.41, 5.74) is 2.34. The summed E-state index contributed by atoms with van der Waals surface area (Å²) in [6, 6.07) is 11.1. The minimum atomic E-state index is -0.542. The summed E-state index contributed by atoms with van der Waals surface area (Å²) in [6.45, 7) is 1.75. The number of hydrogen-bond donors (Lipinski definition) is 0. The molecular formula is C18H14N2O4. The van der Waals surface area contributed by atoms with Crippen molar-refractivity contribution in [2.45, 2.75) is 13.5 Å². The third kappa shape index (κ3) is 3.08. The van der Waals surface area contributed by atoms with Crippen LogP contribution in [-0.2, 0) is 11.3 Å². The zero-order valence-corrected chi connectivity index (χ0v) is 12.9.